The highest BCUT2D eigenvalue weighted by Gasteiger charge is 2.38. The predicted octanol–water partition coefficient (Wildman–Crippen LogP) is 3.16. The summed E-state index contributed by atoms with van der Waals surface area (Å²) in [4.78, 5) is 14.0. The van der Waals surface area contributed by atoms with Crippen molar-refractivity contribution in [3.8, 4) is 0 Å². The number of hydrogen-bond donors (Lipinski definition) is 1. The molecule has 1 N–H and O–H groups in total. The summed E-state index contributed by atoms with van der Waals surface area (Å²) < 4.78 is 54.7. The van der Waals surface area contributed by atoms with Crippen LogP contribution in [0.1, 0.15) is 30.4 Å². The molecule has 2 aliphatic heterocycles. The summed E-state index contributed by atoms with van der Waals surface area (Å²) in [5.74, 6) is -2.09. The fourth-order valence-corrected chi connectivity index (χ4v) is 4.74. The lowest BCUT2D eigenvalue weighted by atomic mass is 9.97. The number of anilines is 2. The van der Waals surface area contributed by atoms with Gasteiger partial charge in [-0.15, -0.1) is 0 Å². The molecule has 4 rings (SSSR count). The van der Waals surface area contributed by atoms with Crippen LogP contribution in [0.5, 0.6) is 0 Å². The molecule has 2 aliphatic rings. The number of nitrogens with one attached hydrogen (secondary N) is 1. The van der Waals surface area contributed by atoms with Gasteiger partial charge in [0.15, 0.2) is 0 Å². The first-order chi connectivity index (χ1) is 12.3. The van der Waals surface area contributed by atoms with Crippen molar-refractivity contribution in [3.63, 3.8) is 0 Å². The van der Waals surface area contributed by atoms with Crippen LogP contribution in [-0.4, -0.2) is 20.9 Å². The van der Waals surface area contributed by atoms with Crippen molar-refractivity contribution >= 4 is 27.3 Å². The van der Waals surface area contributed by atoms with E-state index in [2.05, 4.69) is 4.72 Å². The summed E-state index contributed by atoms with van der Waals surface area (Å²) in [5, 5.41) is 0. The minimum Gasteiger partial charge on any atom is -0.311 e. The average molecular weight is 378 g/mol. The van der Waals surface area contributed by atoms with E-state index in [0.29, 0.717) is 18.5 Å². The van der Waals surface area contributed by atoms with E-state index in [1.54, 1.807) is 11.8 Å². The summed E-state index contributed by atoms with van der Waals surface area (Å²) >= 11 is 0. The third-order valence-corrected chi connectivity index (χ3v) is 6.22. The SMILES string of the molecule is C[C@H]1C(=O)N2CCCc3cc(S(=O)(=O)Nc4cc(F)ccc4F)cc1c32. The van der Waals surface area contributed by atoms with Gasteiger partial charge >= 0.3 is 0 Å². The van der Waals surface area contributed by atoms with Gasteiger partial charge in [0.25, 0.3) is 10.0 Å². The topological polar surface area (TPSA) is 66.5 Å². The van der Waals surface area contributed by atoms with Gasteiger partial charge in [0, 0.05) is 12.6 Å². The Morgan fingerprint density at radius 2 is 1.96 bits per heavy atom. The van der Waals surface area contributed by atoms with Gasteiger partial charge in [-0.05, 0) is 55.2 Å². The number of amides is 1. The Hall–Kier alpha value is -2.48. The molecular weight excluding hydrogens is 362 g/mol. The van der Waals surface area contributed by atoms with Crippen molar-refractivity contribution in [1.29, 1.82) is 0 Å². The second-order valence-corrected chi connectivity index (χ2v) is 8.25. The van der Waals surface area contributed by atoms with Gasteiger partial charge in [-0.25, -0.2) is 17.2 Å². The fraction of sp³-hybridized carbons (Fsp3) is 0.278. The number of halogens is 2. The normalized spacial score (nSPS) is 18.8. The summed E-state index contributed by atoms with van der Waals surface area (Å²) in [6.45, 7) is 2.37. The zero-order valence-corrected chi connectivity index (χ0v) is 14.7. The summed E-state index contributed by atoms with van der Waals surface area (Å²) in [6.07, 6.45) is 1.41. The Balaban J connectivity index is 1.79. The first-order valence-corrected chi connectivity index (χ1v) is 9.72. The number of carbonyl (C=O) groups excluding carboxylic acids is 1. The van der Waals surface area contributed by atoms with Crippen molar-refractivity contribution in [2.45, 2.75) is 30.6 Å². The first kappa shape index (κ1) is 17.0. The number of rotatable bonds is 3. The Bertz CT molecular complexity index is 1040. The highest BCUT2D eigenvalue weighted by molar-refractivity contribution is 7.92. The van der Waals surface area contributed by atoms with Crippen molar-refractivity contribution in [3.05, 3.63) is 53.1 Å². The monoisotopic (exact) mass is 378 g/mol. The van der Waals surface area contributed by atoms with Gasteiger partial charge in [-0.1, -0.05) is 0 Å². The fourth-order valence-electron chi connectivity index (χ4n) is 3.60. The average Bonchev–Trinajstić information content (AvgIpc) is 2.85. The highest BCUT2D eigenvalue weighted by atomic mass is 32.2. The number of hydrogen-bond acceptors (Lipinski definition) is 3. The molecule has 2 aromatic carbocycles. The van der Waals surface area contributed by atoms with Crippen LogP contribution < -0.4 is 9.62 Å². The second-order valence-electron chi connectivity index (χ2n) is 6.57. The smallest absolute Gasteiger partial charge is 0.262 e. The minimum atomic E-state index is -4.13. The van der Waals surface area contributed by atoms with Gasteiger partial charge in [0.2, 0.25) is 5.91 Å². The maximum atomic E-state index is 13.8. The number of carbonyl (C=O) groups is 1. The first-order valence-electron chi connectivity index (χ1n) is 8.24. The zero-order valence-electron chi connectivity index (χ0n) is 13.9. The molecule has 0 unspecified atom stereocenters. The summed E-state index contributed by atoms with van der Waals surface area (Å²) in [5.41, 5.74) is 1.79. The zero-order chi connectivity index (χ0) is 18.6. The van der Waals surface area contributed by atoms with Crippen LogP contribution in [-0.2, 0) is 21.2 Å². The molecule has 1 atom stereocenters. The Morgan fingerprint density at radius 1 is 1.19 bits per heavy atom. The van der Waals surface area contributed by atoms with E-state index in [0.717, 1.165) is 35.9 Å². The number of aryl methyl sites for hydroxylation is 1. The lowest BCUT2D eigenvalue weighted by Gasteiger charge is -2.26. The van der Waals surface area contributed by atoms with E-state index in [1.165, 1.54) is 12.1 Å². The molecule has 0 spiro atoms. The van der Waals surface area contributed by atoms with Crippen LogP contribution in [0.2, 0.25) is 0 Å². The molecule has 0 aromatic heterocycles. The number of sulfonamides is 1. The molecule has 5 nitrogen and oxygen atoms in total. The largest absolute Gasteiger partial charge is 0.311 e. The molecule has 0 fully saturated rings. The lowest BCUT2D eigenvalue weighted by molar-refractivity contribution is -0.119. The third-order valence-electron chi connectivity index (χ3n) is 4.88. The van der Waals surface area contributed by atoms with Crippen LogP contribution in [0.4, 0.5) is 20.2 Å². The van der Waals surface area contributed by atoms with Crippen molar-refractivity contribution in [1.82, 2.24) is 0 Å². The molecule has 0 saturated carbocycles. The molecule has 0 saturated heterocycles. The van der Waals surface area contributed by atoms with Crippen LogP contribution in [0.15, 0.2) is 35.2 Å². The van der Waals surface area contributed by atoms with Crippen LogP contribution in [0.25, 0.3) is 0 Å². The van der Waals surface area contributed by atoms with Gasteiger partial charge < -0.3 is 4.90 Å². The van der Waals surface area contributed by atoms with E-state index >= 15 is 0 Å². The van der Waals surface area contributed by atoms with Crippen molar-refractivity contribution in [2.24, 2.45) is 0 Å². The molecule has 0 radical (unpaired) electrons. The molecule has 8 heteroatoms. The van der Waals surface area contributed by atoms with Gasteiger partial charge in [0.05, 0.1) is 22.2 Å². The van der Waals surface area contributed by atoms with Crippen LogP contribution in [0, 0.1) is 11.6 Å². The van der Waals surface area contributed by atoms with E-state index < -0.39 is 33.3 Å². The second kappa shape index (κ2) is 5.77. The maximum absolute atomic E-state index is 13.8. The number of nitrogens with zero attached hydrogens (tertiary/aromatic N) is 1. The van der Waals surface area contributed by atoms with Crippen LogP contribution >= 0.6 is 0 Å². The van der Waals surface area contributed by atoms with Gasteiger partial charge in [-0.3, -0.25) is 9.52 Å². The minimum absolute atomic E-state index is 0.0420. The Morgan fingerprint density at radius 3 is 2.73 bits per heavy atom. The molecule has 2 heterocycles. The predicted molar refractivity (Wildman–Crippen MR) is 92.7 cm³/mol. The lowest BCUT2D eigenvalue weighted by Crippen LogP contribution is -2.32. The van der Waals surface area contributed by atoms with E-state index in [4.69, 9.17) is 0 Å². The molecule has 0 bridgehead atoms. The van der Waals surface area contributed by atoms with E-state index in [9.17, 15) is 22.0 Å². The van der Waals surface area contributed by atoms with E-state index in [1.807, 2.05) is 0 Å². The standard InChI is InChI=1S/C18H16F2N2O3S/c1-10-14-9-13(7-11-3-2-6-22(17(11)14)18(10)23)26(24,25)21-16-8-12(19)4-5-15(16)20/h4-5,7-10,21H,2-3,6H2,1H3/t10-/m1/s1. The molecule has 0 aliphatic carbocycles. The summed E-state index contributed by atoms with van der Waals surface area (Å²) in [6, 6.07) is 5.52. The Kier molecular flexibility index (Phi) is 3.76. The maximum Gasteiger partial charge on any atom is 0.262 e. The van der Waals surface area contributed by atoms with Gasteiger partial charge in [-0.2, -0.15) is 0 Å². The highest BCUT2D eigenvalue weighted by Crippen LogP contribution is 2.44. The van der Waals surface area contributed by atoms with Gasteiger partial charge in [0.1, 0.15) is 11.6 Å². The Labute approximate surface area is 149 Å². The van der Waals surface area contributed by atoms with E-state index in [-0.39, 0.29) is 10.8 Å². The van der Waals surface area contributed by atoms with Crippen molar-refractivity contribution < 1.29 is 22.0 Å². The summed E-state index contributed by atoms with van der Waals surface area (Å²) in [7, 11) is -4.13. The molecule has 26 heavy (non-hydrogen) atoms. The molecule has 136 valence electrons. The molecule has 1 amide bonds. The quantitative estimate of drug-likeness (QED) is 0.892. The number of benzene rings is 2. The van der Waals surface area contributed by atoms with Crippen molar-refractivity contribution in [2.75, 3.05) is 16.2 Å². The van der Waals surface area contributed by atoms with Crippen LogP contribution in [0.3, 0.4) is 0 Å². The third kappa shape index (κ3) is 2.56. The molecule has 2 aromatic rings. The molecular formula is C18H16F2N2O3S.